The molecule has 0 heterocycles. The second-order valence-electron chi connectivity index (χ2n) is 3.78. The number of nitro benzene ring substituents is 1. The van der Waals surface area contributed by atoms with Gasteiger partial charge in [-0.2, -0.15) is 8.78 Å². The van der Waals surface area contributed by atoms with E-state index in [2.05, 4.69) is 4.74 Å². The van der Waals surface area contributed by atoms with Gasteiger partial charge in [-0.25, -0.2) is 4.79 Å². The smallest absolute Gasteiger partial charge is 0.379 e. The molecule has 0 aliphatic carbocycles. The molecule has 2 N–H and O–H groups in total. The molecular weight excluding hydrogens is 298 g/mol. The monoisotopic (exact) mass is 308 g/mol. The van der Waals surface area contributed by atoms with Crippen LogP contribution < -0.4 is 5.73 Å². The predicted octanol–water partition coefficient (Wildman–Crippen LogP) is 2.45. The lowest BCUT2D eigenvalue weighted by Gasteiger charge is -2.22. The maximum absolute atomic E-state index is 13.8. The summed E-state index contributed by atoms with van der Waals surface area (Å²) in [6, 6.07) is 0.770. The van der Waals surface area contributed by atoms with Gasteiger partial charge in [0.05, 0.1) is 11.5 Å². The zero-order valence-corrected chi connectivity index (χ0v) is 11.1. The quantitative estimate of drug-likeness (QED) is 0.512. The first-order valence-corrected chi connectivity index (χ1v) is 5.84. The van der Waals surface area contributed by atoms with E-state index >= 15 is 0 Å². The average molecular weight is 309 g/mol. The molecule has 0 aromatic heterocycles. The van der Waals surface area contributed by atoms with Crippen molar-refractivity contribution in [2.24, 2.45) is 5.73 Å². The number of halogens is 3. The summed E-state index contributed by atoms with van der Waals surface area (Å²) in [5.74, 6) is -5.86. The lowest BCUT2D eigenvalue weighted by Crippen LogP contribution is -2.41. The summed E-state index contributed by atoms with van der Waals surface area (Å²) in [6.45, 7) is 1.11. The molecule has 0 saturated carbocycles. The molecule has 1 atom stereocenters. The van der Waals surface area contributed by atoms with Crippen molar-refractivity contribution >= 4 is 23.3 Å². The van der Waals surface area contributed by atoms with Gasteiger partial charge in [-0.1, -0.05) is 11.6 Å². The van der Waals surface area contributed by atoms with Crippen molar-refractivity contribution in [3.63, 3.8) is 0 Å². The molecule has 0 aliphatic rings. The largest absolute Gasteiger partial charge is 0.462 e. The number of alkyl halides is 2. The van der Waals surface area contributed by atoms with Crippen LogP contribution in [0.1, 0.15) is 18.5 Å². The van der Waals surface area contributed by atoms with E-state index in [9.17, 15) is 23.7 Å². The molecule has 0 fully saturated rings. The first kappa shape index (κ1) is 16.3. The number of nitrogens with two attached hydrogens (primary N) is 1. The third kappa shape index (κ3) is 3.20. The number of rotatable bonds is 5. The first-order chi connectivity index (χ1) is 9.21. The summed E-state index contributed by atoms with van der Waals surface area (Å²) < 4.78 is 31.8. The van der Waals surface area contributed by atoms with Crippen molar-refractivity contribution in [3.8, 4) is 0 Å². The highest BCUT2D eigenvalue weighted by Gasteiger charge is 2.48. The van der Waals surface area contributed by atoms with Crippen LogP contribution in [-0.2, 0) is 9.53 Å². The molecule has 0 radical (unpaired) electrons. The number of nitrogens with zero attached hydrogens (tertiary/aromatic N) is 1. The Morgan fingerprint density at radius 3 is 2.70 bits per heavy atom. The van der Waals surface area contributed by atoms with Crippen molar-refractivity contribution in [2.75, 3.05) is 6.61 Å². The van der Waals surface area contributed by atoms with E-state index in [0.29, 0.717) is 0 Å². The van der Waals surface area contributed by atoms with E-state index in [0.717, 1.165) is 18.2 Å². The number of carbonyl (C=O) groups excluding carboxylic acids is 1. The molecule has 0 bridgehead atoms. The fraction of sp³-hybridized carbons (Fsp3) is 0.364. The van der Waals surface area contributed by atoms with Crippen LogP contribution in [-0.4, -0.2) is 23.4 Å². The van der Waals surface area contributed by atoms with E-state index < -0.39 is 34.1 Å². The standard InChI is InChI=1S/C11H11ClF2N2O4/c1-2-20-10(17)11(13,14)9(15)7-5-6(16(18)19)3-4-8(7)12/h3-5,9H,2,15H2,1H3/t9-/m0/s1. The van der Waals surface area contributed by atoms with Crippen LogP contribution in [0.15, 0.2) is 18.2 Å². The van der Waals surface area contributed by atoms with Crippen LogP contribution in [0.4, 0.5) is 14.5 Å². The van der Waals surface area contributed by atoms with Crippen molar-refractivity contribution in [1.82, 2.24) is 0 Å². The van der Waals surface area contributed by atoms with Gasteiger partial charge in [0.1, 0.15) is 6.04 Å². The van der Waals surface area contributed by atoms with Gasteiger partial charge in [-0.15, -0.1) is 0 Å². The topological polar surface area (TPSA) is 95.5 Å². The van der Waals surface area contributed by atoms with Gasteiger partial charge in [-0.05, 0) is 13.0 Å². The molecule has 1 rings (SSSR count). The molecule has 110 valence electrons. The summed E-state index contributed by atoms with van der Waals surface area (Å²) in [5.41, 5.74) is 4.45. The van der Waals surface area contributed by atoms with Crippen molar-refractivity contribution in [2.45, 2.75) is 18.9 Å². The van der Waals surface area contributed by atoms with Gasteiger partial charge in [0.2, 0.25) is 0 Å². The van der Waals surface area contributed by atoms with E-state index in [-0.39, 0.29) is 11.6 Å². The Bertz CT molecular complexity index is 539. The van der Waals surface area contributed by atoms with Crippen molar-refractivity contribution < 1.29 is 23.2 Å². The minimum absolute atomic E-state index is 0.202. The highest BCUT2D eigenvalue weighted by Crippen LogP contribution is 2.35. The Labute approximate surface area is 117 Å². The average Bonchev–Trinajstić information content (AvgIpc) is 2.38. The van der Waals surface area contributed by atoms with Crippen molar-refractivity contribution in [1.29, 1.82) is 0 Å². The normalized spacial score (nSPS) is 12.8. The maximum atomic E-state index is 13.8. The summed E-state index contributed by atoms with van der Waals surface area (Å²) in [7, 11) is 0. The summed E-state index contributed by atoms with van der Waals surface area (Å²) in [5, 5.41) is 10.4. The number of hydrogen-bond donors (Lipinski definition) is 1. The third-order valence-corrected chi connectivity index (χ3v) is 2.81. The van der Waals surface area contributed by atoms with Gasteiger partial charge in [-0.3, -0.25) is 10.1 Å². The highest BCUT2D eigenvalue weighted by atomic mass is 35.5. The molecule has 0 aliphatic heterocycles. The molecular formula is C11H11ClF2N2O4. The number of nitro groups is 1. The highest BCUT2D eigenvalue weighted by molar-refractivity contribution is 6.31. The van der Waals surface area contributed by atoms with Gasteiger partial charge >= 0.3 is 11.9 Å². The zero-order valence-electron chi connectivity index (χ0n) is 10.3. The zero-order chi connectivity index (χ0) is 15.5. The summed E-state index contributed by atoms with van der Waals surface area (Å²) in [6.07, 6.45) is 0. The molecule has 0 unspecified atom stereocenters. The minimum atomic E-state index is -4.05. The van der Waals surface area contributed by atoms with E-state index in [1.807, 2.05) is 0 Å². The Morgan fingerprint density at radius 1 is 1.60 bits per heavy atom. The number of ether oxygens (including phenoxy) is 1. The maximum Gasteiger partial charge on any atom is 0.379 e. The Kier molecular flexibility index (Phi) is 4.96. The number of non-ortho nitro benzene ring substituents is 1. The van der Waals surface area contributed by atoms with Crippen LogP contribution >= 0.6 is 11.6 Å². The van der Waals surface area contributed by atoms with E-state index in [1.54, 1.807) is 0 Å². The first-order valence-electron chi connectivity index (χ1n) is 5.46. The number of hydrogen-bond acceptors (Lipinski definition) is 5. The molecule has 9 heteroatoms. The molecule has 6 nitrogen and oxygen atoms in total. The van der Waals surface area contributed by atoms with E-state index in [1.165, 1.54) is 6.92 Å². The lowest BCUT2D eigenvalue weighted by atomic mass is 10.0. The Morgan fingerprint density at radius 2 is 2.20 bits per heavy atom. The second-order valence-corrected chi connectivity index (χ2v) is 4.19. The Balaban J connectivity index is 3.19. The molecule has 0 saturated heterocycles. The number of esters is 1. The molecule has 0 spiro atoms. The number of carbonyl (C=O) groups is 1. The number of benzene rings is 1. The minimum Gasteiger partial charge on any atom is -0.462 e. The fourth-order valence-corrected chi connectivity index (χ4v) is 1.67. The Hall–Kier alpha value is -1.80. The fourth-order valence-electron chi connectivity index (χ4n) is 1.43. The SMILES string of the molecule is CCOC(=O)C(F)(F)[C@@H](N)c1cc([N+](=O)[O-])ccc1Cl. The van der Waals surface area contributed by atoms with Gasteiger partial charge in [0.25, 0.3) is 5.69 Å². The van der Waals surface area contributed by atoms with Gasteiger partial charge < -0.3 is 10.5 Å². The van der Waals surface area contributed by atoms with Crippen LogP contribution in [0.2, 0.25) is 5.02 Å². The van der Waals surface area contributed by atoms with Crippen molar-refractivity contribution in [3.05, 3.63) is 38.9 Å². The van der Waals surface area contributed by atoms with Crippen LogP contribution in [0, 0.1) is 10.1 Å². The predicted molar refractivity (Wildman–Crippen MR) is 66.6 cm³/mol. The van der Waals surface area contributed by atoms with Gasteiger partial charge in [0, 0.05) is 22.7 Å². The third-order valence-electron chi connectivity index (χ3n) is 2.46. The second kappa shape index (κ2) is 6.10. The molecule has 0 amide bonds. The lowest BCUT2D eigenvalue weighted by molar-refractivity contribution is -0.385. The van der Waals surface area contributed by atoms with Gasteiger partial charge in [0.15, 0.2) is 0 Å². The molecule has 20 heavy (non-hydrogen) atoms. The van der Waals surface area contributed by atoms with Crippen LogP contribution in [0.25, 0.3) is 0 Å². The molecule has 1 aromatic carbocycles. The van der Waals surface area contributed by atoms with E-state index in [4.69, 9.17) is 17.3 Å². The van der Waals surface area contributed by atoms with Crippen LogP contribution in [0.3, 0.4) is 0 Å². The molecule has 1 aromatic rings. The van der Waals surface area contributed by atoms with Crippen LogP contribution in [0.5, 0.6) is 0 Å². The summed E-state index contributed by atoms with van der Waals surface area (Å²) >= 11 is 5.70. The summed E-state index contributed by atoms with van der Waals surface area (Å²) in [4.78, 5) is 21.0.